The lowest BCUT2D eigenvalue weighted by Gasteiger charge is -2.24. The van der Waals surface area contributed by atoms with Crippen LogP contribution in [0.2, 0.25) is 5.02 Å². The molecule has 0 saturated heterocycles. The molecule has 0 atom stereocenters. The van der Waals surface area contributed by atoms with Gasteiger partial charge in [0.25, 0.3) is 11.5 Å². The topological polar surface area (TPSA) is 122 Å². The Labute approximate surface area is 255 Å². The Kier molecular flexibility index (Phi) is 8.25. The second-order valence-electron chi connectivity index (χ2n) is 10.1. The van der Waals surface area contributed by atoms with Crippen molar-refractivity contribution >= 4 is 67.5 Å². The van der Waals surface area contributed by atoms with Crippen LogP contribution in [0.4, 0.5) is 21.6 Å². The molecule has 2 aliphatic carbocycles. The molecule has 5 rings (SSSR count). The summed E-state index contributed by atoms with van der Waals surface area (Å²) in [6, 6.07) is 8.97. The van der Waals surface area contributed by atoms with E-state index in [2.05, 4.69) is 15.4 Å². The maximum absolute atomic E-state index is 14.8. The molecule has 0 radical (unpaired) electrons. The van der Waals surface area contributed by atoms with E-state index in [9.17, 15) is 22.4 Å². The lowest BCUT2D eigenvalue weighted by molar-refractivity contribution is 0.0948. The van der Waals surface area contributed by atoms with E-state index in [-0.39, 0.29) is 56.9 Å². The van der Waals surface area contributed by atoms with Gasteiger partial charge in [0, 0.05) is 29.7 Å². The Morgan fingerprint density at radius 3 is 2.49 bits per heavy atom. The lowest BCUT2D eigenvalue weighted by Crippen LogP contribution is -2.39. The van der Waals surface area contributed by atoms with Crippen LogP contribution in [0.3, 0.4) is 0 Å². The van der Waals surface area contributed by atoms with Crippen LogP contribution in [0.25, 0.3) is 0 Å². The molecule has 2 aromatic carbocycles. The average molecular weight is 716 g/mol. The first-order valence-corrected chi connectivity index (χ1v) is 15.8. The Balaban J connectivity index is 1.61. The molecule has 1 heterocycles. The normalized spacial score (nSPS) is 15.0. The highest BCUT2D eigenvalue weighted by Gasteiger charge is 2.33. The molecule has 218 valence electrons. The number of carbonyl (C=O) groups is 1. The molecule has 0 bridgehead atoms. The van der Waals surface area contributed by atoms with Crippen molar-refractivity contribution in [3.8, 4) is 11.5 Å². The Bertz CT molecular complexity index is 1710. The molecular formula is C27H28ClFIN5O5S. The Morgan fingerprint density at radius 2 is 1.85 bits per heavy atom. The summed E-state index contributed by atoms with van der Waals surface area (Å²) in [6.07, 6.45) is 3.15. The van der Waals surface area contributed by atoms with E-state index in [0.717, 1.165) is 30.0 Å². The zero-order valence-electron chi connectivity index (χ0n) is 22.4. The van der Waals surface area contributed by atoms with Crippen molar-refractivity contribution in [2.24, 2.45) is 7.05 Å². The first-order valence-electron chi connectivity index (χ1n) is 12.9. The minimum absolute atomic E-state index is 0.0210. The maximum atomic E-state index is 14.8. The highest BCUT2D eigenvalue weighted by Crippen LogP contribution is 2.41. The number of aromatic nitrogens is 1. The van der Waals surface area contributed by atoms with Gasteiger partial charge in [-0.05, 0) is 85.5 Å². The number of halogens is 3. The summed E-state index contributed by atoms with van der Waals surface area (Å²) in [6.45, 7) is 1.51. The molecule has 2 aliphatic rings. The molecule has 10 nitrogen and oxygen atoms in total. The molecule has 14 heteroatoms. The van der Waals surface area contributed by atoms with Crippen molar-refractivity contribution in [2.75, 3.05) is 16.7 Å². The summed E-state index contributed by atoms with van der Waals surface area (Å²) in [7, 11) is -1.04. The van der Waals surface area contributed by atoms with Gasteiger partial charge in [0.2, 0.25) is 0 Å². The predicted molar refractivity (Wildman–Crippen MR) is 164 cm³/mol. The number of hydrogen-bond acceptors (Lipinski definition) is 6. The highest BCUT2D eigenvalue weighted by molar-refractivity contribution is 14.1. The van der Waals surface area contributed by atoms with Crippen LogP contribution in [0.15, 0.2) is 41.2 Å². The molecule has 2 saturated carbocycles. The SMILES string of the molecule is Cc1c(Oc2cccc(N(C)S(=O)(=O)NC3CC3)c2Cl)c(C(=O)NC2CC2)c(Nc2ccc(I)cc2F)n(C)c1=O. The van der Waals surface area contributed by atoms with Crippen molar-refractivity contribution < 1.29 is 22.3 Å². The number of rotatable bonds is 10. The zero-order chi connectivity index (χ0) is 29.6. The van der Waals surface area contributed by atoms with E-state index in [0.29, 0.717) is 3.57 Å². The van der Waals surface area contributed by atoms with Crippen molar-refractivity contribution in [1.82, 2.24) is 14.6 Å². The lowest BCUT2D eigenvalue weighted by atomic mass is 10.1. The molecule has 1 aromatic heterocycles. The number of pyridine rings is 1. The number of hydrogen-bond donors (Lipinski definition) is 3. The van der Waals surface area contributed by atoms with Gasteiger partial charge in [0.15, 0.2) is 5.75 Å². The maximum Gasteiger partial charge on any atom is 0.301 e. The van der Waals surface area contributed by atoms with Gasteiger partial charge in [0.1, 0.15) is 28.0 Å². The second kappa shape index (κ2) is 11.4. The number of benzene rings is 2. The summed E-state index contributed by atoms with van der Waals surface area (Å²) >= 11 is 8.64. The molecule has 0 aliphatic heterocycles. The molecule has 0 spiro atoms. The van der Waals surface area contributed by atoms with Crippen LogP contribution >= 0.6 is 34.2 Å². The number of amides is 1. The fraction of sp³-hybridized carbons (Fsp3) is 0.333. The van der Waals surface area contributed by atoms with E-state index >= 15 is 0 Å². The summed E-state index contributed by atoms with van der Waals surface area (Å²) in [4.78, 5) is 26.9. The second-order valence-corrected chi connectivity index (χ2v) is 13.5. The van der Waals surface area contributed by atoms with E-state index in [4.69, 9.17) is 16.3 Å². The monoisotopic (exact) mass is 715 g/mol. The molecule has 2 fully saturated rings. The van der Waals surface area contributed by atoms with Gasteiger partial charge in [-0.3, -0.25) is 18.5 Å². The fourth-order valence-electron chi connectivity index (χ4n) is 4.15. The van der Waals surface area contributed by atoms with Gasteiger partial charge in [0.05, 0.1) is 16.9 Å². The summed E-state index contributed by atoms with van der Waals surface area (Å²) in [5, 5.41) is 5.78. The van der Waals surface area contributed by atoms with Gasteiger partial charge in [-0.15, -0.1) is 0 Å². The van der Waals surface area contributed by atoms with E-state index in [1.165, 1.54) is 49.9 Å². The zero-order valence-corrected chi connectivity index (χ0v) is 26.2. The van der Waals surface area contributed by atoms with Gasteiger partial charge < -0.3 is 15.4 Å². The van der Waals surface area contributed by atoms with Crippen molar-refractivity contribution in [3.05, 3.63) is 72.3 Å². The van der Waals surface area contributed by atoms with E-state index in [1.54, 1.807) is 12.1 Å². The summed E-state index contributed by atoms with van der Waals surface area (Å²) in [5.41, 5.74) is -0.197. The fourth-order valence-corrected chi connectivity index (χ4v) is 6.17. The first kappa shape index (κ1) is 29.6. The summed E-state index contributed by atoms with van der Waals surface area (Å²) < 4.78 is 52.2. The van der Waals surface area contributed by atoms with Gasteiger partial charge in [-0.25, -0.2) is 4.39 Å². The Morgan fingerprint density at radius 1 is 1.17 bits per heavy atom. The van der Waals surface area contributed by atoms with Crippen LogP contribution in [0.5, 0.6) is 11.5 Å². The van der Waals surface area contributed by atoms with Gasteiger partial charge >= 0.3 is 10.2 Å². The van der Waals surface area contributed by atoms with Crippen LogP contribution in [0, 0.1) is 16.3 Å². The smallest absolute Gasteiger partial charge is 0.301 e. The number of ether oxygens (including phenoxy) is 1. The van der Waals surface area contributed by atoms with E-state index in [1.807, 2.05) is 22.6 Å². The third-order valence-electron chi connectivity index (χ3n) is 6.84. The standard InChI is InChI=1S/C27H28ClFIN5O5S/c1-14-24(40-21-6-4-5-20(23(21)28)35(3)41(38,39)33-17-10-11-17)22(26(36)31-16-8-9-16)25(34(2)27(14)37)32-19-12-7-15(30)13-18(19)29/h4-7,12-13,16-17,32-33H,8-11H2,1-3H3,(H,31,36). The predicted octanol–water partition coefficient (Wildman–Crippen LogP) is 4.95. The minimum Gasteiger partial charge on any atom is -0.454 e. The molecule has 0 unspecified atom stereocenters. The quantitative estimate of drug-likeness (QED) is 0.256. The minimum atomic E-state index is -3.88. The van der Waals surface area contributed by atoms with E-state index < -0.39 is 27.5 Å². The van der Waals surface area contributed by atoms with Crippen molar-refractivity contribution in [3.63, 3.8) is 0 Å². The summed E-state index contributed by atoms with van der Waals surface area (Å²) in [5.74, 6) is -1.12. The van der Waals surface area contributed by atoms with Crippen molar-refractivity contribution in [1.29, 1.82) is 0 Å². The largest absolute Gasteiger partial charge is 0.454 e. The Hall–Kier alpha value is -2.88. The molecule has 3 N–H and O–H groups in total. The molecule has 3 aromatic rings. The van der Waals surface area contributed by atoms with Crippen LogP contribution < -0.4 is 30.0 Å². The third kappa shape index (κ3) is 6.32. The number of anilines is 3. The average Bonchev–Trinajstić information content (AvgIpc) is 3.85. The molecule has 41 heavy (non-hydrogen) atoms. The van der Waals surface area contributed by atoms with Crippen molar-refractivity contribution in [2.45, 2.75) is 44.7 Å². The number of carbonyl (C=O) groups excluding carboxylic acids is 1. The highest BCUT2D eigenvalue weighted by atomic mass is 127. The molecule has 1 amide bonds. The van der Waals surface area contributed by atoms with Crippen LogP contribution in [-0.4, -0.2) is 38.0 Å². The number of nitrogens with zero attached hydrogens (tertiary/aromatic N) is 2. The van der Waals surface area contributed by atoms with Gasteiger partial charge in [-0.2, -0.15) is 13.1 Å². The number of nitrogens with one attached hydrogen (secondary N) is 3. The third-order valence-corrected chi connectivity index (χ3v) is 9.44. The van der Waals surface area contributed by atoms with Gasteiger partial charge in [-0.1, -0.05) is 17.7 Å². The first-order chi connectivity index (χ1) is 19.4. The van der Waals surface area contributed by atoms with Crippen LogP contribution in [-0.2, 0) is 17.3 Å². The van der Waals surface area contributed by atoms with Crippen LogP contribution in [0.1, 0.15) is 41.6 Å². The molecular weight excluding hydrogens is 688 g/mol.